The highest BCUT2D eigenvalue weighted by molar-refractivity contribution is 9.10. The van der Waals surface area contributed by atoms with Gasteiger partial charge in [0.1, 0.15) is 10.4 Å². The van der Waals surface area contributed by atoms with Crippen molar-refractivity contribution in [1.29, 1.82) is 0 Å². The highest BCUT2D eigenvalue weighted by Gasteiger charge is 2.22. The lowest BCUT2D eigenvalue weighted by molar-refractivity contribution is -0.155. The number of alkyl halides is 1. The van der Waals surface area contributed by atoms with Crippen LogP contribution in [0, 0.1) is 0 Å². The van der Waals surface area contributed by atoms with Gasteiger partial charge in [-0.15, -0.1) is 0 Å². The minimum absolute atomic E-state index is 0.270. The Bertz CT molecular complexity index is 175. The normalized spacial score (nSPS) is 13.8. The molecule has 0 aliphatic heterocycles. The fraction of sp³-hybridized carbons (Fsp3) is 0.900. The maximum Gasteiger partial charge on any atom is 0.322 e. The maximum atomic E-state index is 11.4. The molecule has 0 aromatic rings. The van der Waals surface area contributed by atoms with Crippen LogP contribution in [0.5, 0.6) is 0 Å². The van der Waals surface area contributed by atoms with Crippen molar-refractivity contribution in [2.24, 2.45) is 0 Å². The molecule has 14 heavy (non-hydrogen) atoms. The Kier molecular flexibility index (Phi) is 6.36. The van der Waals surface area contributed by atoms with Crippen molar-refractivity contribution in [3.63, 3.8) is 0 Å². The van der Waals surface area contributed by atoms with Gasteiger partial charge in [-0.05, 0) is 27.2 Å². The second-order valence-electron chi connectivity index (χ2n) is 4.08. The van der Waals surface area contributed by atoms with Gasteiger partial charge < -0.3 is 9.47 Å². The fourth-order valence-corrected chi connectivity index (χ4v) is 1.05. The number of carbonyl (C=O) groups is 1. The Labute approximate surface area is 94.3 Å². The highest BCUT2D eigenvalue weighted by atomic mass is 79.9. The van der Waals surface area contributed by atoms with Crippen LogP contribution in [0.3, 0.4) is 0 Å². The Morgan fingerprint density at radius 3 is 2.43 bits per heavy atom. The van der Waals surface area contributed by atoms with Gasteiger partial charge in [0.25, 0.3) is 0 Å². The van der Waals surface area contributed by atoms with Crippen molar-refractivity contribution >= 4 is 21.9 Å². The van der Waals surface area contributed by atoms with Crippen LogP contribution in [0.4, 0.5) is 0 Å². The van der Waals surface area contributed by atoms with E-state index in [0.717, 1.165) is 6.42 Å². The average molecular weight is 267 g/mol. The number of rotatable bonds is 5. The van der Waals surface area contributed by atoms with Gasteiger partial charge in [0.15, 0.2) is 0 Å². The molecule has 0 aromatic heterocycles. The Hall–Kier alpha value is -0.0900. The standard InChI is InChI=1S/C10H19BrO3/c1-5-6-13-7-8(11)9(12)14-10(2,3)4/h8H,5-7H2,1-4H3. The molecular formula is C10H19BrO3. The molecule has 0 spiro atoms. The molecule has 1 atom stereocenters. The first-order valence-electron chi connectivity index (χ1n) is 4.81. The largest absolute Gasteiger partial charge is 0.459 e. The number of ether oxygens (including phenoxy) is 2. The van der Waals surface area contributed by atoms with Gasteiger partial charge in [-0.25, -0.2) is 0 Å². The van der Waals surface area contributed by atoms with Crippen LogP contribution < -0.4 is 0 Å². The van der Waals surface area contributed by atoms with E-state index in [-0.39, 0.29) is 10.8 Å². The van der Waals surface area contributed by atoms with Crippen LogP contribution in [-0.2, 0) is 14.3 Å². The van der Waals surface area contributed by atoms with Gasteiger partial charge in [-0.3, -0.25) is 4.79 Å². The molecule has 0 saturated heterocycles. The second-order valence-corrected chi connectivity index (χ2v) is 5.18. The highest BCUT2D eigenvalue weighted by Crippen LogP contribution is 2.12. The molecule has 1 unspecified atom stereocenters. The molecule has 0 saturated carbocycles. The first kappa shape index (κ1) is 13.9. The van der Waals surface area contributed by atoms with Crippen LogP contribution in [0.1, 0.15) is 34.1 Å². The summed E-state index contributed by atoms with van der Waals surface area (Å²) in [6.07, 6.45) is 0.952. The second kappa shape index (κ2) is 6.40. The summed E-state index contributed by atoms with van der Waals surface area (Å²) in [5.41, 5.74) is -0.437. The lowest BCUT2D eigenvalue weighted by atomic mass is 10.2. The molecule has 0 fully saturated rings. The molecule has 0 heterocycles. The van der Waals surface area contributed by atoms with E-state index in [1.54, 1.807) is 0 Å². The van der Waals surface area contributed by atoms with Crippen LogP contribution in [0.25, 0.3) is 0 Å². The molecule has 3 nitrogen and oxygen atoms in total. The molecule has 4 heteroatoms. The van der Waals surface area contributed by atoms with E-state index in [0.29, 0.717) is 13.2 Å². The molecule has 0 amide bonds. The first-order chi connectivity index (χ1) is 6.37. The quantitative estimate of drug-likeness (QED) is 0.436. The zero-order chi connectivity index (χ0) is 11.2. The van der Waals surface area contributed by atoms with Gasteiger partial charge in [0.05, 0.1) is 6.61 Å². The molecule has 0 radical (unpaired) electrons. The Balaban J connectivity index is 3.77. The van der Waals surface area contributed by atoms with Crippen LogP contribution in [0.15, 0.2) is 0 Å². The molecule has 0 N–H and O–H groups in total. The maximum absolute atomic E-state index is 11.4. The molecule has 0 aliphatic rings. The van der Waals surface area contributed by atoms with Crippen molar-refractivity contribution < 1.29 is 14.3 Å². The summed E-state index contributed by atoms with van der Waals surface area (Å²) >= 11 is 3.23. The van der Waals surface area contributed by atoms with E-state index in [1.807, 2.05) is 27.7 Å². The van der Waals surface area contributed by atoms with E-state index < -0.39 is 5.60 Å². The third-order valence-electron chi connectivity index (χ3n) is 1.28. The Morgan fingerprint density at radius 2 is 2.00 bits per heavy atom. The zero-order valence-corrected chi connectivity index (χ0v) is 10.9. The van der Waals surface area contributed by atoms with Crippen LogP contribution >= 0.6 is 15.9 Å². The Morgan fingerprint density at radius 1 is 1.43 bits per heavy atom. The van der Waals surface area contributed by atoms with Crippen molar-refractivity contribution in [3.05, 3.63) is 0 Å². The van der Waals surface area contributed by atoms with Crippen molar-refractivity contribution in [2.75, 3.05) is 13.2 Å². The summed E-state index contributed by atoms with van der Waals surface area (Å²) in [4.78, 5) is 11.0. The SMILES string of the molecule is CCCOCC(Br)C(=O)OC(C)(C)C. The van der Waals surface area contributed by atoms with E-state index >= 15 is 0 Å². The molecular weight excluding hydrogens is 248 g/mol. The molecule has 0 rings (SSSR count). The molecule has 0 aliphatic carbocycles. The van der Waals surface area contributed by atoms with Crippen LogP contribution in [-0.4, -0.2) is 29.6 Å². The minimum Gasteiger partial charge on any atom is -0.459 e. The summed E-state index contributed by atoms with van der Waals surface area (Å²) in [5, 5.41) is 0. The fourth-order valence-electron chi connectivity index (χ4n) is 0.765. The van der Waals surface area contributed by atoms with E-state index in [4.69, 9.17) is 9.47 Å². The number of carbonyl (C=O) groups excluding carboxylic acids is 1. The van der Waals surface area contributed by atoms with E-state index in [9.17, 15) is 4.79 Å². The van der Waals surface area contributed by atoms with Crippen LogP contribution in [0.2, 0.25) is 0 Å². The molecule has 84 valence electrons. The van der Waals surface area contributed by atoms with Gasteiger partial charge in [-0.1, -0.05) is 22.9 Å². The van der Waals surface area contributed by atoms with Gasteiger partial charge >= 0.3 is 5.97 Å². The number of hydrogen-bond donors (Lipinski definition) is 0. The minimum atomic E-state index is -0.437. The third kappa shape index (κ3) is 7.33. The van der Waals surface area contributed by atoms with Gasteiger partial charge in [0, 0.05) is 6.61 Å². The predicted octanol–water partition coefficient (Wildman–Crippen LogP) is 2.52. The van der Waals surface area contributed by atoms with Crippen molar-refractivity contribution in [2.45, 2.75) is 44.5 Å². The summed E-state index contributed by atoms with van der Waals surface area (Å²) in [6.45, 7) is 8.59. The molecule has 0 aromatic carbocycles. The van der Waals surface area contributed by atoms with Gasteiger partial charge in [0.2, 0.25) is 0 Å². The van der Waals surface area contributed by atoms with Crippen molar-refractivity contribution in [1.82, 2.24) is 0 Å². The summed E-state index contributed by atoms with van der Waals surface area (Å²) in [7, 11) is 0. The number of esters is 1. The predicted molar refractivity (Wildman–Crippen MR) is 59.7 cm³/mol. The lowest BCUT2D eigenvalue weighted by Gasteiger charge is -2.21. The third-order valence-corrected chi connectivity index (χ3v) is 1.91. The molecule has 0 bridgehead atoms. The summed E-state index contributed by atoms with van der Waals surface area (Å²) in [5.74, 6) is -0.270. The number of hydrogen-bond acceptors (Lipinski definition) is 3. The lowest BCUT2D eigenvalue weighted by Crippen LogP contribution is -2.31. The average Bonchev–Trinajstić information content (AvgIpc) is 2.01. The smallest absolute Gasteiger partial charge is 0.322 e. The van der Waals surface area contributed by atoms with E-state index in [1.165, 1.54) is 0 Å². The zero-order valence-electron chi connectivity index (χ0n) is 9.30. The van der Waals surface area contributed by atoms with Crippen molar-refractivity contribution in [3.8, 4) is 0 Å². The monoisotopic (exact) mass is 266 g/mol. The topological polar surface area (TPSA) is 35.5 Å². The summed E-state index contributed by atoms with van der Waals surface area (Å²) < 4.78 is 10.4. The number of halogens is 1. The van der Waals surface area contributed by atoms with Gasteiger partial charge in [-0.2, -0.15) is 0 Å². The van der Waals surface area contributed by atoms with E-state index in [2.05, 4.69) is 15.9 Å². The first-order valence-corrected chi connectivity index (χ1v) is 5.73. The summed E-state index contributed by atoms with van der Waals surface area (Å²) in [6, 6.07) is 0.